The summed E-state index contributed by atoms with van der Waals surface area (Å²) in [5.74, 6) is -4.08. The molecule has 2 rings (SSSR count). The van der Waals surface area contributed by atoms with Gasteiger partial charge in [0.1, 0.15) is 24.1 Å². The van der Waals surface area contributed by atoms with Crippen molar-refractivity contribution in [3.05, 3.63) is 71.5 Å². The Balaban J connectivity index is 2.49. The summed E-state index contributed by atoms with van der Waals surface area (Å²) in [5.41, 5.74) is -3.64. The van der Waals surface area contributed by atoms with Gasteiger partial charge in [0.15, 0.2) is 5.78 Å². The Morgan fingerprint density at radius 2 is 1.55 bits per heavy atom. The highest BCUT2D eigenvalue weighted by molar-refractivity contribution is 6.09. The number of Topliss-reactive ketones (excluding diaryl/α,β-unsaturated/α-hetero) is 1. The van der Waals surface area contributed by atoms with Crippen molar-refractivity contribution in [2.24, 2.45) is 5.92 Å². The summed E-state index contributed by atoms with van der Waals surface area (Å²) in [6.07, 6.45) is -1.05. The van der Waals surface area contributed by atoms with Crippen molar-refractivity contribution in [2.45, 2.75) is 58.5 Å². The van der Waals surface area contributed by atoms with Gasteiger partial charge < -0.3 is 14.8 Å². The molecule has 0 heterocycles. The van der Waals surface area contributed by atoms with Crippen molar-refractivity contribution >= 4 is 17.8 Å². The van der Waals surface area contributed by atoms with Crippen LogP contribution in [0.15, 0.2) is 54.6 Å². The van der Waals surface area contributed by atoms with Gasteiger partial charge in [-0.05, 0) is 44.0 Å². The number of ether oxygens (including phenoxy) is 2. The molecule has 2 aromatic carbocycles. The minimum absolute atomic E-state index is 0.00424. The molecule has 0 aromatic heterocycles. The van der Waals surface area contributed by atoms with E-state index in [-0.39, 0.29) is 12.2 Å². The van der Waals surface area contributed by atoms with E-state index in [0.29, 0.717) is 5.56 Å². The number of hydrogen-bond acceptors (Lipinski definition) is 5. The third-order valence-corrected chi connectivity index (χ3v) is 4.65. The third-order valence-electron chi connectivity index (χ3n) is 4.65. The fourth-order valence-corrected chi connectivity index (χ4v) is 3.10. The Hall–Kier alpha value is -3.29. The summed E-state index contributed by atoms with van der Waals surface area (Å²) in [4.78, 5) is 38.6. The number of amides is 1. The molecule has 0 radical (unpaired) electrons. The van der Waals surface area contributed by atoms with Crippen LogP contribution in [0.1, 0.15) is 51.8 Å². The molecule has 6 nitrogen and oxygen atoms in total. The monoisotopic (exact) mass is 461 g/mol. The van der Waals surface area contributed by atoms with Crippen LogP contribution >= 0.6 is 0 Å². The number of halogens is 2. The maximum absolute atomic E-state index is 16.6. The Morgan fingerprint density at radius 1 is 0.970 bits per heavy atom. The first-order valence-corrected chi connectivity index (χ1v) is 10.5. The topological polar surface area (TPSA) is 81.7 Å². The lowest BCUT2D eigenvalue weighted by atomic mass is 9.82. The maximum atomic E-state index is 16.6. The average Bonchev–Trinajstić information content (AvgIpc) is 2.75. The van der Waals surface area contributed by atoms with E-state index in [9.17, 15) is 18.8 Å². The van der Waals surface area contributed by atoms with Crippen molar-refractivity contribution in [3.63, 3.8) is 0 Å². The molecule has 0 saturated carbocycles. The van der Waals surface area contributed by atoms with E-state index in [1.807, 2.05) is 0 Å². The minimum atomic E-state index is -3.29. The number of alkyl halides is 1. The molecule has 0 bridgehead atoms. The van der Waals surface area contributed by atoms with Gasteiger partial charge in [-0.1, -0.05) is 56.3 Å². The van der Waals surface area contributed by atoms with Gasteiger partial charge in [-0.3, -0.25) is 4.79 Å². The fraction of sp³-hybridized carbons (Fsp3) is 0.400. The molecule has 2 aromatic rings. The molecule has 178 valence electrons. The van der Waals surface area contributed by atoms with Gasteiger partial charge in [-0.15, -0.1) is 0 Å². The second-order valence-corrected chi connectivity index (χ2v) is 8.92. The Kier molecular flexibility index (Phi) is 8.30. The van der Waals surface area contributed by atoms with Gasteiger partial charge in [0.05, 0.1) is 0 Å². The number of benzene rings is 2. The summed E-state index contributed by atoms with van der Waals surface area (Å²) < 4.78 is 40.5. The zero-order valence-electron chi connectivity index (χ0n) is 19.4. The molecule has 0 fully saturated rings. The third kappa shape index (κ3) is 6.84. The predicted octanol–water partition coefficient (Wildman–Crippen LogP) is 5.07. The molecule has 0 aliphatic heterocycles. The zero-order valence-corrected chi connectivity index (χ0v) is 19.4. The standard InChI is InChI=1S/C25H29F2NO5/c1-16(2)21(29)25(27,22(30)32-15-17-9-7-6-8-10-17)20(18-11-13-19(26)14-12-18)28-23(31)33-24(3,4)5/h6-14,16,20H,15H2,1-5H3,(H,28,31)/t20-,25+/m0/s1. The quantitative estimate of drug-likeness (QED) is 0.439. The van der Waals surface area contributed by atoms with Crippen molar-refractivity contribution in [1.82, 2.24) is 5.32 Å². The number of alkyl carbamates (subject to hydrolysis) is 1. The van der Waals surface area contributed by atoms with Gasteiger partial charge in [-0.2, -0.15) is 0 Å². The molecular weight excluding hydrogens is 432 g/mol. The van der Waals surface area contributed by atoms with Crippen LogP contribution in [-0.4, -0.2) is 29.1 Å². The molecule has 1 N–H and O–H groups in total. The van der Waals surface area contributed by atoms with E-state index in [4.69, 9.17) is 9.47 Å². The van der Waals surface area contributed by atoms with E-state index in [1.54, 1.807) is 51.1 Å². The average molecular weight is 462 g/mol. The first-order valence-electron chi connectivity index (χ1n) is 10.5. The van der Waals surface area contributed by atoms with Gasteiger partial charge in [0.25, 0.3) is 5.67 Å². The van der Waals surface area contributed by atoms with E-state index >= 15 is 4.39 Å². The lowest BCUT2D eigenvalue weighted by molar-refractivity contribution is -0.167. The van der Waals surface area contributed by atoms with Crippen LogP contribution in [0.25, 0.3) is 0 Å². The van der Waals surface area contributed by atoms with Gasteiger partial charge >= 0.3 is 12.1 Å². The van der Waals surface area contributed by atoms with Gasteiger partial charge in [0, 0.05) is 5.92 Å². The van der Waals surface area contributed by atoms with E-state index in [0.717, 1.165) is 12.1 Å². The highest BCUT2D eigenvalue weighted by Gasteiger charge is 2.56. The number of rotatable bonds is 8. The van der Waals surface area contributed by atoms with Crippen LogP contribution in [0.4, 0.5) is 13.6 Å². The molecule has 8 heteroatoms. The second kappa shape index (κ2) is 10.6. The van der Waals surface area contributed by atoms with Crippen LogP contribution in [0.2, 0.25) is 0 Å². The highest BCUT2D eigenvalue weighted by atomic mass is 19.1. The molecule has 0 aliphatic carbocycles. The van der Waals surface area contributed by atoms with Crippen LogP contribution in [-0.2, 0) is 25.7 Å². The molecule has 33 heavy (non-hydrogen) atoms. The first kappa shape index (κ1) is 26.0. The Labute approximate surface area is 192 Å². The van der Waals surface area contributed by atoms with Crippen molar-refractivity contribution in [1.29, 1.82) is 0 Å². The van der Waals surface area contributed by atoms with Gasteiger partial charge in [-0.25, -0.2) is 18.4 Å². The van der Waals surface area contributed by atoms with Crippen molar-refractivity contribution in [2.75, 3.05) is 0 Å². The number of esters is 1. The summed E-state index contributed by atoms with van der Waals surface area (Å²) in [6.45, 7) is 7.40. The lowest BCUT2D eigenvalue weighted by Crippen LogP contribution is -2.56. The predicted molar refractivity (Wildman–Crippen MR) is 118 cm³/mol. The number of carbonyl (C=O) groups excluding carboxylic acids is 3. The Bertz CT molecular complexity index is 971. The minimum Gasteiger partial charge on any atom is -0.458 e. The smallest absolute Gasteiger partial charge is 0.408 e. The number of ketones is 1. The maximum Gasteiger partial charge on any atom is 0.408 e. The van der Waals surface area contributed by atoms with Crippen LogP contribution in [0, 0.1) is 11.7 Å². The SMILES string of the molecule is CC(C)C(=O)[C@@](F)(C(=O)OCc1ccccc1)[C@@H](NC(=O)OC(C)(C)C)c1ccc(F)cc1. The highest BCUT2D eigenvalue weighted by Crippen LogP contribution is 2.35. The largest absolute Gasteiger partial charge is 0.458 e. The van der Waals surface area contributed by atoms with E-state index < -0.39 is 46.9 Å². The molecular formula is C25H29F2NO5. The number of carbonyl (C=O) groups is 3. The van der Waals surface area contributed by atoms with E-state index in [2.05, 4.69) is 5.32 Å². The van der Waals surface area contributed by atoms with Gasteiger partial charge in [0.2, 0.25) is 0 Å². The summed E-state index contributed by atoms with van der Waals surface area (Å²) >= 11 is 0. The molecule has 0 spiro atoms. The lowest BCUT2D eigenvalue weighted by Gasteiger charge is -2.33. The summed E-state index contributed by atoms with van der Waals surface area (Å²) in [7, 11) is 0. The number of nitrogens with one attached hydrogen (secondary N) is 1. The first-order chi connectivity index (χ1) is 15.3. The van der Waals surface area contributed by atoms with Crippen LogP contribution in [0.3, 0.4) is 0 Å². The molecule has 0 aliphatic rings. The van der Waals surface area contributed by atoms with Crippen LogP contribution < -0.4 is 5.32 Å². The zero-order chi connectivity index (χ0) is 24.8. The molecule has 1 amide bonds. The molecule has 2 atom stereocenters. The van der Waals surface area contributed by atoms with Crippen LogP contribution in [0.5, 0.6) is 0 Å². The Morgan fingerprint density at radius 3 is 2.06 bits per heavy atom. The summed E-state index contributed by atoms with van der Waals surface area (Å²) in [6, 6.07) is 11.2. The molecule has 0 saturated heterocycles. The normalized spacial score (nSPS) is 14.2. The van der Waals surface area contributed by atoms with Crippen molar-refractivity contribution in [3.8, 4) is 0 Å². The van der Waals surface area contributed by atoms with Crippen molar-refractivity contribution < 1.29 is 32.6 Å². The summed E-state index contributed by atoms with van der Waals surface area (Å²) in [5, 5.41) is 2.28. The molecule has 0 unspecified atom stereocenters. The fourth-order valence-electron chi connectivity index (χ4n) is 3.10. The second-order valence-electron chi connectivity index (χ2n) is 8.92. The number of hydrogen-bond donors (Lipinski definition) is 1. The van der Waals surface area contributed by atoms with E-state index in [1.165, 1.54) is 26.0 Å².